The Morgan fingerprint density at radius 3 is 2.10 bits per heavy atom. The van der Waals surface area contributed by atoms with E-state index in [-0.39, 0.29) is 42.7 Å². The minimum atomic E-state index is -1.04. The van der Waals surface area contributed by atoms with E-state index in [0.29, 0.717) is 69.8 Å². The van der Waals surface area contributed by atoms with Crippen molar-refractivity contribution in [2.45, 2.75) is 91.3 Å². The van der Waals surface area contributed by atoms with Gasteiger partial charge < -0.3 is 39.3 Å². The Labute approximate surface area is 341 Å². The highest BCUT2D eigenvalue weighted by Gasteiger charge is 2.37. The second-order valence-corrected chi connectivity index (χ2v) is 17.1. The van der Waals surface area contributed by atoms with Crippen molar-refractivity contribution in [3.05, 3.63) is 58.7 Å². The summed E-state index contributed by atoms with van der Waals surface area (Å²) < 4.78 is 16.3. The topological polar surface area (TPSA) is 161 Å². The third kappa shape index (κ3) is 10.8. The highest BCUT2D eigenvalue weighted by atomic mass is 16.7. The lowest BCUT2D eigenvalue weighted by Crippen LogP contribution is -2.55. The van der Waals surface area contributed by atoms with Crippen LogP contribution in [0.4, 0.5) is 15.3 Å². The smallest absolute Gasteiger partial charge is 0.410 e. The van der Waals surface area contributed by atoms with Crippen LogP contribution in [0.2, 0.25) is 0 Å². The number of nitrogens with zero attached hydrogens (tertiary/aromatic N) is 5. The van der Waals surface area contributed by atoms with Gasteiger partial charge >= 0.3 is 24.1 Å². The summed E-state index contributed by atoms with van der Waals surface area (Å²) >= 11 is 0. The van der Waals surface area contributed by atoms with Gasteiger partial charge in [0.15, 0.2) is 6.10 Å². The number of phenolic OH excluding ortho intramolecular Hbond substituents is 1. The van der Waals surface area contributed by atoms with Crippen LogP contribution in [0.15, 0.2) is 36.4 Å². The van der Waals surface area contributed by atoms with Gasteiger partial charge in [0.25, 0.3) is 5.91 Å². The summed E-state index contributed by atoms with van der Waals surface area (Å²) in [6.45, 7) is 14.0. The molecule has 0 radical (unpaired) electrons. The van der Waals surface area contributed by atoms with E-state index in [0.717, 1.165) is 49.2 Å². The molecule has 0 spiro atoms. The number of likely N-dealkylation sites (tertiary alicyclic amines) is 2. The zero-order chi connectivity index (χ0) is 41.6. The molecule has 0 unspecified atom stereocenters. The van der Waals surface area contributed by atoms with Gasteiger partial charge in [0, 0.05) is 83.1 Å². The van der Waals surface area contributed by atoms with E-state index in [4.69, 9.17) is 14.2 Å². The van der Waals surface area contributed by atoms with E-state index in [2.05, 4.69) is 10.2 Å². The number of carbonyl (C=O) groups excluding carboxylic acids is 5. The van der Waals surface area contributed by atoms with Crippen LogP contribution in [0.25, 0.3) is 0 Å². The fourth-order valence-corrected chi connectivity index (χ4v) is 8.39. The number of para-hydroxylation sites is 1. The third-order valence-electron chi connectivity index (χ3n) is 11.9. The molecule has 316 valence electrons. The van der Waals surface area contributed by atoms with E-state index in [1.54, 1.807) is 30.6 Å². The van der Waals surface area contributed by atoms with Crippen molar-refractivity contribution in [3.8, 4) is 5.75 Å². The van der Waals surface area contributed by atoms with E-state index in [9.17, 15) is 29.1 Å². The summed E-state index contributed by atoms with van der Waals surface area (Å²) in [5.74, 6) is -0.897. The van der Waals surface area contributed by atoms with Gasteiger partial charge in [0.2, 0.25) is 6.79 Å². The Balaban J connectivity index is 0.997. The second-order valence-electron chi connectivity index (χ2n) is 17.1. The Bertz CT molecular complexity index is 1780. The number of hydrogen-bond donors (Lipinski definition) is 2. The van der Waals surface area contributed by atoms with Crippen LogP contribution in [0.1, 0.15) is 68.7 Å². The number of anilines is 1. The fraction of sp³-hybridized carbons (Fsp3) is 0.605. The van der Waals surface area contributed by atoms with Crippen LogP contribution >= 0.6 is 0 Å². The zero-order valence-electron chi connectivity index (χ0n) is 34.7. The molecule has 3 fully saturated rings. The molecule has 2 aromatic carbocycles. The van der Waals surface area contributed by atoms with Crippen molar-refractivity contribution >= 4 is 35.7 Å². The molecule has 4 aliphatic heterocycles. The minimum absolute atomic E-state index is 0.0176. The number of rotatable bonds is 10. The molecule has 58 heavy (non-hydrogen) atoms. The van der Waals surface area contributed by atoms with Gasteiger partial charge in [-0.2, -0.15) is 0 Å². The summed E-state index contributed by atoms with van der Waals surface area (Å²) in [5, 5.41) is 13.4. The molecule has 15 heteroatoms. The standard InChI is InChI=1S/C43H60N6O9/c1-29-24-31(25-30(2)38(29)51)26-36(58-42(55)48-17-13-34(14-18-48)49-19-10-32-8-6-7-9-35(32)44-41(49)54)39(52)47-15-11-33(12-16-47)46-22-20-45(21-23-46)27-37(50)56-28-57-40(53)43(3,4)5/h6-9,24-25,33-34,36,51H,10-23,26-28H2,1-5H3,(H,44,54)/t36-/m1/s1. The maximum absolute atomic E-state index is 14.2. The van der Waals surface area contributed by atoms with Crippen LogP contribution in [-0.4, -0.2) is 150 Å². The van der Waals surface area contributed by atoms with E-state index in [1.165, 1.54) is 0 Å². The lowest BCUT2D eigenvalue weighted by atomic mass is 9.98. The molecule has 2 aromatic rings. The number of hydrogen-bond acceptors (Lipinski definition) is 11. The first-order valence-electron chi connectivity index (χ1n) is 20.6. The summed E-state index contributed by atoms with van der Waals surface area (Å²) in [5.41, 5.74) is 3.45. The maximum Gasteiger partial charge on any atom is 0.410 e. The van der Waals surface area contributed by atoms with Crippen molar-refractivity contribution in [2.75, 3.05) is 77.6 Å². The van der Waals surface area contributed by atoms with Crippen molar-refractivity contribution in [1.29, 1.82) is 0 Å². The molecule has 1 atom stereocenters. The van der Waals surface area contributed by atoms with Crippen molar-refractivity contribution in [1.82, 2.24) is 24.5 Å². The number of aromatic hydroxyl groups is 1. The number of esters is 2. The number of amides is 4. The third-order valence-corrected chi connectivity index (χ3v) is 11.9. The van der Waals surface area contributed by atoms with Gasteiger partial charge in [-0.25, -0.2) is 9.59 Å². The van der Waals surface area contributed by atoms with Gasteiger partial charge in [-0.05, 0) is 95.0 Å². The normalized spacial score (nSPS) is 19.5. The number of carbonyl (C=O) groups is 5. The molecule has 4 aliphatic rings. The van der Waals surface area contributed by atoms with Crippen LogP contribution in [0, 0.1) is 19.3 Å². The molecular formula is C43H60N6O9. The molecule has 0 aliphatic carbocycles. The molecule has 3 saturated heterocycles. The van der Waals surface area contributed by atoms with Crippen LogP contribution < -0.4 is 5.32 Å². The van der Waals surface area contributed by atoms with Gasteiger partial charge in [0.05, 0.1) is 12.0 Å². The first-order chi connectivity index (χ1) is 27.7. The number of phenols is 1. The minimum Gasteiger partial charge on any atom is -0.507 e. The molecule has 0 saturated carbocycles. The lowest BCUT2D eigenvalue weighted by Gasteiger charge is -2.43. The number of aryl methyl sites for hydroxylation is 2. The number of fused-ring (bicyclic) bond motifs is 1. The zero-order valence-corrected chi connectivity index (χ0v) is 34.7. The fourth-order valence-electron chi connectivity index (χ4n) is 8.39. The summed E-state index contributed by atoms with van der Waals surface area (Å²) in [6, 6.07) is 11.6. The molecule has 0 bridgehead atoms. The Morgan fingerprint density at radius 1 is 0.828 bits per heavy atom. The van der Waals surface area contributed by atoms with E-state index >= 15 is 0 Å². The molecule has 4 amide bonds. The monoisotopic (exact) mass is 804 g/mol. The molecule has 4 heterocycles. The summed E-state index contributed by atoms with van der Waals surface area (Å²) in [6.07, 6.45) is 2.11. The SMILES string of the molecule is Cc1cc(C[C@@H](OC(=O)N2CCC(N3CCc4ccccc4NC3=O)CC2)C(=O)N2CCC(N3CCN(CC(=O)OCOC(=O)C(C)(C)C)CC3)CC2)cc(C)c1O. The molecule has 2 N–H and O–H groups in total. The van der Waals surface area contributed by atoms with E-state index in [1.807, 2.05) is 60.0 Å². The number of urea groups is 1. The van der Waals surface area contributed by atoms with Crippen LogP contribution in [0.3, 0.4) is 0 Å². The lowest BCUT2D eigenvalue weighted by molar-refractivity contribution is -0.173. The number of nitrogens with one attached hydrogen (secondary N) is 1. The predicted octanol–water partition coefficient (Wildman–Crippen LogP) is 4.31. The Hall–Kier alpha value is -4.89. The summed E-state index contributed by atoms with van der Waals surface area (Å²) in [4.78, 5) is 75.1. The highest BCUT2D eigenvalue weighted by molar-refractivity contribution is 5.91. The van der Waals surface area contributed by atoms with Gasteiger partial charge in [-0.15, -0.1) is 0 Å². The maximum atomic E-state index is 14.2. The van der Waals surface area contributed by atoms with Crippen LogP contribution in [-0.2, 0) is 41.4 Å². The van der Waals surface area contributed by atoms with Crippen molar-refractivity contribution in [2.24, 2.45) is 5.41 Å². The number of benzene rings is 2. The van der Waals surface area contributed by atoms with Crippen LogP contribution in [0.5, 0.6) is 5.75 Å². The first-order valence-corrected chi connectivity index (χ1v) is 20.6. The second kappa shape index (κ2) is 18.8. The van der Waals surface area contributed by atoms with Crippen molar-refractivity contribution < 1.29 is 43.3 Å². The largest absolute Gasteiger partial charge is 0.507 e. The molecule has 0 aromatic heterocycles. The number of ether oxygens (including phenoxy) is 3. The predicted molar refractivity (Wildman–Crippen MR) is 216 cm³/mol. The number of piperidine rings is 2. The summed E-state index contributed by atoms with van der Waals surface area (Å²) in [7, 11) is 0. The number of piperazine rings is 1. The molecule has 6 rings (SSSR count). The van der Waals surface area contributed by atoms with E-state index < -0.39 is 36.3 Å². The molecule has 15 nitrogen and oxygen atoms in total. The quantitative estimate of drug-likeness (QED) is 0.260. The highest BCUT2D eigenvalue weighted by Crippen LogP contribution is 2.28. The van der Waals surface area contributed by atoms with Gasteiger partial charge in [-0.3, -0.25) is 24.2 Å². The molecular weight excluding hydrogens is 745 g/mol. The Kier molecular flexibility index (Phi) is 13.8. The van der Waals surface area contributed by atoms with Gasteiger partial charge in [0.1, 0.15) is 5.75 Å². The Morgan fingerprint density at radius 2 is 1.45 bits per heavy atom. The van der Waals surface area contributed by atoms with Gasteiger partial charge in [-0.1, -0.05) is 30.3 Å². The average molecular weight is 805 g/mol. The van der Waals surface area contributed by atoms with Crippen molar-refractivity contribution in [3.63, 3.8) is 0 Å². The first kappa shape index (κ1) is 42.7. The average Bonchev–Trinajstić information content (AvgIpc) is 3.37.